The van der Waals surface area contributed by atoms with E-state index in [4.69, 9.17) is 21.4 Å². The fourth-order valence-corrected chi connectivity index (χ4v) is 1.23. The first-order chi connectivity index (χ1) is 7.19. The summed E-state index contributed by atoms with van der Waals surface area (Å²) >= 11 is 5.56. The van der Waals surface area contributed by atoms with Gasteiger partial charge in [-0.05, 0) is 11.6 Å². The number of nitrogens with zero attached hydrogens (tertiary/aromatic N) is 1. The summed E-state index contributed by atoms with van der Waals surface area (Å²) in [5.41, 5.74) is 0.515. The Labute approximate surface area is 91.4 Å². The van der Waals surface area contributed by atoms with Gasteiger partial charge in [0.15, 0.2) is 5.75 Å². The van der Waals surface area contributed by atoms with Crippen molar-refractivity contribution in [2.75, 3.05) is 13.2 Å². The lowest BCUT2D eigenvalue weighted by Crippen LogP contribution is -2.04. The number of rotatable bonds is 5. The predicted octanol–water partition coefficient (Wildman–Crippen LogP) is 1.70. The molecule has 82 valence electrons. The van der Waals surface area contributed by atoms with Gasteiger partial charge in [0, 0.05) is 11.9 Å². The highest BCUT2D eigenvalue weighted by Crippen LogP contribution is 2.28. The standard InChI is InChI=1S/C9H10ClNO4/c10-6-7-1-2-9(15-4-3-12)8(5-7)11(13)14/h1-2,5,12H,3-4,6H2. The molecule has 0 amide bonds. The maximum atomic E-state index is 10.7. The number of benzene rings is 1. The van der Waals surface area contributed by atoms with Gasteiger partial charge in [-0.3, -0.25) is 10.1 Å². The van der Waals surface area contributed by atoms with E-state index in [0.717, 1.165) is 0 Å². The third-order valence-electron chi connectivity index (χ3n) is 1.72. The van der Waals surface area contributed by atoms with Crippen molar-refractivity contribution in [1.82, 2.24) is 0 Å². The molecule has 0 fully saturated rings. The van der Waals surface area contributed by atoms with Crippen molar-refractivity contribution in [2.45, 2.75) is 5.88 Å². The Balaban J connectivity index is 2.98. The molecular formula is C9H10ClNO4. The average Bonchev–Trinajstić information content (AvgIpc) is 2.26. The summed E-state index contributed by atoms with van der Waals surface area (Å²) in [7, 11) is 0. The molecule has 0 heterocycles. The fourth-order valence-electron chi connectivity index (χ4n) is 1.07. The highest BCUT2D eigenvalue weighted by Gasteiger charge is 2.15. The second-order valence-electron chi connectivity index (χ2n) is 2.76. The monoisotopic (exact) mass is 231 g/mol. The highest BCUT2D eigenvalue weighted by molar-refractivity contribution is 6.17. The molecule has 0 aliphatic heterocycles. The van der Waals surface area contributed by atoms with Crippen LogP contribution in [0.15, 0.2) is 18.2 Å². The lowest BCUT2D eigenvalue weighted by molar-refractivity contribution is -0.385. The highest BCUT2D eigenvalue weighted by atomic mass is 35.5. The molecule has 0 aromatic heterocycles. The van der Waals surface area contributed by atoms with Crippen LogP contribution in [-0.2, 0) is 5.88 Å². The Morgan fingerprint density at radius 1 is 1.53 bits per heavy atom. The molecule has 0 spiro atoms. The van der Waals surface area contributed by atoms with Gasteiger partial charge in [-0.15, -0.1) is 11.6 Å². The molecule has 0 radical (unpaired) electrons. The molecule has 1 aromatic rings. The maximum absolute atomic E-state index is 10.7. The van der Waals surface area contributed by atoms with Gasteiger partial charge in [-0.25, -0.2) is 0 Å². The van der Waals surface area contributed by atoms with Gasteiger partial charge in [0.05, 0.1) is 11.5 Å². The summed E-state index contributed by atoms with van der Waals surface area (Å²) in [4.78, 5) is 10.1. The van der Waals surface area contributed by atoms with Crippen LogP contribution in [0.4, 0.5) is 5.69 Å². The zero-order valence-corrected chi connectivity index (χ0v) is 8.61. The first-order valence-corrected chi connectivity index (χ1v) is 4.79. The number of hydrogen-bond donors (Lipinski definition) is 1. The third-order valence-corrected chi connectivity index (χ3v) is 2.03. The van der Waals surface area contributed by atoms with E-state index in [1.165, 1.54) is 12.1 Å². The molecule has 0 bridgehead atoms. The van der Waals surface area contributed by atoms with Crippen LogP contribution in [0.1, 0.15) is 5.56 Å². The first kappa shape index (κ1) is 11.7. The molecule has 1 N–H and O–H groups in total. The number of nitro benzene ring substituents is 1. The van der Waals surface area contributed by atoms with Gasteiger partial charge >= 0.3 is 5.69 Å². The molecule has 0 aliphatic rings. The van der Waals surface area contributed by atoms with Crippen molar-refractivity contribution in [3.63, 3.8) is 0 Å². The smallest absolute Gasteiger partial charge is 0.311 e. The molecule has 15 heavy (non-hydrogen) atoms. The third kappa shape index (κ3) is 3.07. The molecular weight excluding hydrogens is 222 g/mol. The van der Waals surface area contributed by atoms with E-state index in [1.54, 1.807) is 6.07 Å². The SMILES string of the molecule is O=[N+]([O-])c1cc(CCl)ccc1OCCO. The normalized spacial score (nSPS) is 10.0. The van der Waals surface area contributed by atoms with Crippen molar-refractivity contribution < 1.29 is 14.8 Å². The maximum Gasteiger partial charge on any atom is 0.311 e. The van der Waals surface area contributed by atoms with Gasteiger partial charge in [0.2, 0.25) is 0 Å². The van der Waals surface area contributed by atoms with Crippen LogP contribution in [0.5, 0.6) is 5.75 Å². The Bertz CT molecular complexity index is 356. The number of aliphatic hydroxyl groups excluding tert-OH is 1. The Kier molecular flexibility index (Phi) is 4.33. The van der Waals surface area contributed by atoms with E-state index >= 15 is 0 Å². The van der Waals surface area contributed by atoms with Gasteiger partial charge in [-0.2, -0.15) is 0 Å². The minimum Gasteiger partial charge on any atom is -0.484 e. The minimum atomic E-state index is -0.539. The van der Waals surface area contributed by atoms with E-state index in [9.17, 15) is 10.1 Å². The molecule has 6 heteroatoms. The van der Waals surface area contributed by atoms with E-state index in [2.05, 4.69) is 0 Å². The van der Waals surface area contributed by atoms with Gasteiger partial charge in [0.1, 0.15) is 6.61 Å². The van der Waals surface area contributed by atoms with Gasteiger partial charge < -0.3 is 9.84 Å². The zero-order chi connectivity index (χ0) is 11.3. The van der Waals surface area contributed by atoms with Crippen LogP contribution in [0.2, 0.25) is 0 Å². The van der Waals surface area contributed by atoms with E-state index in [-0.39, 0.29) is 30.5 Å². The number of ether oxygens (including phenoxy) is 1. The van der Waals surface area contributed by atoms with Crippen LogP contribution in [0.3, 0.4) is 0 Å². The second-order valence-corrected chi connectivity index (χ2v) is 3.03. The fraction of sp³-hybridized carbons (Fsp3) is 0.333. The number of alkyl halides is 1. The van der Waals surface area contributed by atoms with Crippen LogP contribution < -0.4 is 4.74 Å². The van der Waals surface area contributed by atoms with Crippen molar-refractivity contribution in [3.05, 3.63) is 33.9 Å². The van der Waals surface area contributed by atoms with Crippen LogP contribution >= 0.6 is 11.6 Å². The summed E-state index contributed by atoms with van der Waals surface area (Å²) in [6.07, 6.45) is 0. The van der Waals surface area contributed by atoms with Crippen molar-refractivity contribution >= 4 is 17.3 Å². The molecule has 0 atom stereocenters. The Hall–Kier alpha value is -1.33. The summed E-state index contributed by atoms with van der Waals surface area (Å²) in [5, 5.41) is 19.2. The summed E-state index contributed by atoms with van der Waals surface area (Å²) in [5.74, 6) is 0.351. The quantitative estimate of drug-likeness (QED) is 0.476. The van der Waals surface area contributed by atoms with Crippen molar-refractivity contribution in [2.24, 2.45) is 0 Å². The van der Waals surface area contributed by atoms with E-state index < -0.39 is 4.92 Å². The van der Waals surface area contributed by atoms with Crippen LogP contribution in [0.25, 0.3) is 0 Å². The lowest BCUT2D eigenvalue weighted by Gasteiger charge is -2.05. The van der Waals surface area contributed by atoms with Crippen LogP contribution in [0, 0.1) is 10.1 Å². The van der Waals surface area contributed by atoms with Gasteiger partial charge in [-0.1, -0.05) is 6.07 Å². The topological polar surface area (TPSA) is 72.6 Å². The van der Waals surface area contributed by atoms with E-state index in [1.807, 2.05) is 0 Å². The predicted molar refractivity (Wildman–Crippen MR) is 55.2 cm³/mol. The summed E-state index contributed by atoms with van der Waals surface area (Å²) in [6, 6.07) is 4.48. The molecule has 5 nitrogen and oxygen atoms in total. The number of hydrogen-bond acceptors (Lipinski definition) is 4. The first-order valence-electron chi connectivity index (χ1n) is 4.26. The Morgan fingerprint density at radius 3 is 2.80 bits per heavy atom. The lowest BCUT2D eigenvalue weighted by atomic mass is 10.2. The molecule has 1 aromatic carbocycles. The van der Waals surface area contributed by atoms with E-state index in [0.29, 0.717) is 5.56 Å². The average molecular weight is 232 g/mol. The molecule has 0 unspecified atom stereocenters. The molecule has 0 aliphatic carbocycles. The van der Waals surface area contributed by atoms with Crippen molar-refractivity contribution in [3.8, 4) is 5.75 Å². The molecule has 0 saturated heterocycles. The summed E-state index contributed by atoms with van der Waals surface area (Å²) in [6.45, 7) is -0.157. The number of halogens is 1. The summed E-state index contributed by atoms with van der Waals surface area (Å²) < 4.78 is 5.01. The number of nitro groups is 1. The minimum absolute atomic E-state index is 0.0288. The van der Waals surface area contributed by atoms with Crippen LogP contribution in [-0.4, -0.2) is 23.2 Å². The number of aliphatic hydroxyl groups is 1. The molecule has 0 saturated carbocycles. The molecule has 1 rings (SSSR count). The van der Waals surface area contributed by atoms with Gasteiger partial charge in [0.25, 0.3) is 0 Å². The largest absolute Gasteiger partial charge is 0.484 e. The Morgan fingerprint density at radius 2 is 2.27 bits per heavy atom. The zero-order valence-electron chi connectivity index (χ0n) is 7.85. The second kappa shape index (κ2) is 5.53. The van der Waals surface area contributed by atoms with Crippen molar-refractivity contribution in [1.29, 1.82) is 0 Å².